The van der Waals surface area contributed by atoms with Gasteiger partial charge in [-0.2, -0.15) is 4.98 Å². The molecule has 0 aliphatic rings. The van der Waals surface area contributed by atoms with Crippen LogP contribution in [0.5, 0.6) is 0 Å². The van der Waals surface area contributed by atoms with Crippen LogP contribution < -0.4 is 5.73 Å². The van der Waals surface area contributed by atoms with E-state index in [0.717, 1.165) is 25.1 Å². The first-order chi connectivity index (χ1) is 8.79. The molecule has 0 saturated heterocycles. The normalized spacial score (nSPS) is 10.7. The smallest absolute Gasteiger partial charge is 0.237 e. The van der Waals surface area contributed by atoms with Crippen molar-refractivity contribution in [3.8, 4) is 0 Å². The molecule has 18 heavy (non-hydrogen) atoms. The van der Waals surface area contributed by atoms with E-state index in [1.165, 1.54) is 11.8 Å². The molecule has 0 amide bonds. The van der Waals surface area contributed by atoms with Gasteiger partial charge in [-0.05, 0) is 6.42 Å². The number of hydrogen-bond acceptors (Lipinski definition) is 7. The average molecular weight is 265 g/mol. The highest BCUT2D eigenvalue weighted by atomic mass is 32.2. The molecule has 0 aromatic carbocycles. The van der Waals surface area contributed by atoms with Crippen LogP contribution in [-0.4, -0.2) is 20.1 Å². The Morgan fingerprint density at radius 3 is 2.94 bits per heavy atom. The second-order valence-electron chi connectivity index (χ2n) is 3.74. The third kappa shape index (κ3) is 3.43. The summed E-state index contributed by atoms with van der Waals surface area (Å²) in [5.74, 6) is 2.34. The summed E-state index contributed by atoms with van der Waals surface area (Å²) < 4.78 is 5.15. The Morgan fingerprint density at radius 2 is 2.17 bits per heavy atom. The third-order valence-electron chi connectivity index (χ3n) is 2.29. The topological polar surface area (TPSA) is 90.7 Å². The summed E-state index contributed by atoms with van der Waals surface area (Å²) in [6.07, 6.45) is 6.23. The second kappa shape index (κ2) is 6.34. The lowest BCUT2D eigenvalue weighted by molar-refractivity contribution is 0.384. The molecule has 2 N–H and O–H groups in total. The molecule has 0 bridgehead atoms. The van der Waals surface area contributed by atoms with Crippen molar-refractivity contribution in [2.75, 3.05) is 5.73 Å². The molecule has 0 saturated carbocycles. The lowest BCUT2D eigenvalue weighted by Gasteiger charge is -1.99. The van der Waals surface area contributed by atoms with E-state index in [4.69, 9.17) is 10.3 Å². The van der Waals surface area contributed by atoms with E-state index >= 15 is 0 Å². The van der Waals surface area contributed by atoms with E-state index in [0.29, 0.717) is 22.5 Å². The van der Waals surface area contributed by atoms with Gasteiger partial charge in [0.25, 0.3) is 0 Å². The first kappa shape index (κ1) is 12.8. The van der Waals surface area contributed by atoms with Gasteiger partial charge in [-0.15, -0.1) is 0 Å². The molecule has 7 heteroatoms. The van der Waals surface area contributed by atoms with Crippen molar-refractivity contribution in [2.45, 2.75) is 37.0 Å². The zero-order chi connectivity index (χ0) is 12.8. The van der Waals surface area contributed by atoms with E-state index in [9.17, 15) is 0 Å². The summed E-state index contributed by atoms with van der Waals surface area (Å²) in [5, 5.41) is 4.61. The Hall–Kier alpha value is -1.63. The van der Waals surface area contributed by atoms with Crippen LogP contribution in [0.1, 0.15) is 31.5 Å². The molecule has 0 unspecified atom stereocenters. The zero-order valence-corrected chi connectivity index (χ0v) is 11.0. The highest BCUT2D eigenvalue weighted by Crippen LogP contribution is 2.23. The fourth-order valence-corrected chi connectivity index (χ4v) is 2.08. The van der Waals surface area contributed by atoms with Crippen LogP contribution in [-0.2, 0) is 12.2 Å². The van der Waals surface area contributed by atoms with Gasteiger partial charge in [-0.3, -0.25) is 0 Å². The molecule has 0 aliphatic carbocycles. The maximum absolute atomic E-state index is 5.69. The van der Waals surface area contributed by atoms with E-state index < -0.39 is 0 Å². The quantitative estimate of drug-likeness (QED) is 0.799. The molecule has 2 aromatic heterocycles. The molecule has 0 aliphatic heterocycles. The lowest BCUT2D eigenvalue weighted by atomic mass is 10.2. The number of aryl methyl sites for hydroxylation is 1. The van der Waals surface area contributed by atoms with Gasteiger partial charge in [0.05, 0.1) is 5.75 Å². The highest BCUT2D eigenvalue weighted by molar-refractivity contribution is 7.98. The van der Waals surface area contributed by atoms with Gasteiger partial charge < -0.3 is 10.3 Å². The molecule has 0 spiro atoms. The maximum Gasteiger partial charge on any atom is 0.237 e. The van der Waals surface area contributed by atoms with Crippen molar-refractivity contribution in [3.05, 3.63) is 24.1 Å². The molecule has 2 heterocycles. The number of anilines is 1. The van der Waals surface area contributed by atoms with Gasteiger partial charge in [-0.1, -0.05) is 30.3 Å². The standard InChI is InChI=1S/C11H15N5OS/c1-2-3-4-8-15-9(17-16-8)7-18-11-10(12)13-5-6-14-11/h5-6H,2-4,7H2,1H3,(H2,12,13). The SMILES string of the molecule is CCCCc1noc(CSc2nccnc2N)n1. The minimum absolute atomic E-state index is 0.424. The number of nitrogens with two attached hydrogens (primary N) is 1. The van der Waals surface area contributed by atoms with Gasteiger partial charge in [0.2, 0.25) is 5.89 Å². The summed E-state index contributed by atoms with van der Waals surface area (Å²) in [5.41, 5.74) is 5.69. The van der Waals surface area contributed by atoms with Crippen molar-refractivity contribution >= 4 is 17.6 Å². The number of aromatic nitrogens is 4. The lowest BCUT2D eigenvalue weighted by Crippen LogP contribution is -1.95. The van der Waals surface area contributed by atoms with Crippen LogP contribution in [0.15, 0.2) is 21.9 Å². The monoisotopic (exact) mass is 265 g/mol. The van der Waals surface area contributed by atoms with Gasteiger partial charge in [-0.25, -0.2) is 9.97 Å². The van der Waals surface area contributed by atoms with E-state index in [1.54, 1.807) is 12.4 Å². The van der Waals surface area contributed by atoms with Crippen LogP contribution in [0.4, 0.5) is 5.82 Å². The number of nitrogen functional groups attached to an aromatic ring is 1. The van der Waals surface area contributed by atoms with Crippen molar-refractivity contribution in [3.63, 3.8) is 0 Å². The molecule has 0 radical (unpaired) electrons. The Bertz CT molecular complexity index is 502. The fraction of sp³-hybridized carbons (Fsp3) is 0.455. The molecule has 0 atom stereocenters. The fourth-order valence-electron chi connectivity index (χ4n) is 1.36. The average Bonchev–Trinajstić information content (AvgIpc) is 2.83. The molecule has 2 aromatic rings. The summed E-state index contributed by atoms with van der Waals surface area (Å²) in [7, 11) is 0. The minimum atomic E-state index is 0.424. The number of thioether (sulfide) groups is 1. The largest absolute Gasteiger partial charge is 0.381 e. The predicted octanol–water partition coefficient (Wildman–Crippen LogP) is 2.08. The van der Waals surface area contributed by atoms with E-state index in [2.05, 4.69) is 27.0 Å². The van der Waals surface area contributed by atoms with Crippen LogP contribution in [0, 0.1) is 0 Å². The second-order valence-corrected chi connectivity index (χ2v) is 4.71. The van der Waals surface area contributed by atoms with Crippen molar-refractivity contribution in [1.29, 1.82) is 0 Å². The van der Waals surface area contributed by atoms with Crippen molar-refractivity contribution < 1.29 is 4.52 Å². The summed E-state index contributed by atoms with van der Waals surface area (Å²) in [4.78, 5) is 12.4. The molecule has 6 nitrogen and oxygen atoms in total. The van der Waals surface area contributed by atoms with Gasteiger partial charge in [0, 0.05) is 18.8 Å². The molecule has 2 rings (SSSR count). The molecule has 96 valence electrons. The van der Waals surface area contributed by atoms with E-state index in [-0.39, 0.29) is 0 Å². The van der Waals surface area contributed by atoms with Crippen LogP contribution in [0.2, 0.25) is 0 Å². The van der Waals surface area contributed by atoms with Gasteiger partial charge in [0.15, 0.2) is 11.6 Å². The van der Waals surface area contributed by atoms with Crippen LogP contribution in [0.25, 0.3) is 0 Å². The maximum atomic E-state index is 5.69. The Labute approximate surface area is 109 Å². The number of hydrogen-bond donors (Lipinski definition) is 1. The van der Waals surface area contributed by atoms with Crippen LogP contribution in [0.3, 0.4) is 0 Å². The highest BCUT2D eigenvalue weighted by Gasteiger charge is 2.08. The Balaban J connectivity index is 1.90. The summed E-state index contributed by atoms with van der Waals surface area (Å²) in [6, 6.07) is 0. The molecular weight excluding hydrogens is 250 g/mol. The Morgan fingerprint density at radius 1 is 1.33 bits per heavy atom. The van der Waals surface area contributed by atoms with E-state index in [1.807, 2.05) is 0 Å². The predicted molar refractivity (Wildman–Crippen MR) is 68.9 cm³/mol. The zero-order valence-electron chi connectivity index (χ0n) is 10.2. The molecule has 0 fully saturated rings. The van der Waals surface area contributed by atoms with Gasteiger partial charge >= 0.3 is 0 Å². The molecular formula is C11H15N5OS. The van der Waals surface area contributed by atoms with Gasteiger partial charge in [0.1, 0.15) is 5.03 Å². The van der Waals surface area contributed by atoms with Crippen molar-refractivity contribution in [2.24, 2.45) is 0 Å². The third-order valence-corrected chi connectivity index (χ3v) is 3.27. The summed E-state index contributed by atoms with van der Waals surface area (Å²) in [6.45, 7) is 2.13. The number of unbranched alkanes of at least 4 members (excludes halogenated alkanes) is 1. The summed E-state index contributed by atoms with van der Waals surface area (Å²) >= 11 is 1.44. The number of nitrogens with zero attached hydrogens (tertiary/aromatic N) is 4. The first-order valence-electron chi connectivity index (χ1n) is 5.80. The Kier molecular flexibility index (Phi) is 4.52. The minimum Gasteiger partial charge on any atom is -0.381 e. The van der Waals surface area contributed by atoms with Crippen LogP contribution >= 0.6 is 11.8 Å². The van der Waals surface area contributed by atoms with Crippen molar-refractivity contribution in [1.82, 2.24) is 20.1 Å². The first-order valence-corrected chi connectivity index (χ1v) is 6.79. The number of rotatable bonds is 6.